The van der Waals surface area contributed by atoms with Gasteiger partial charge in [-0.15, -0.1) is 0 Å². The Morgan fingerprint density at radius 3 is 0.956 bits per heavy atom. The van der Waals surface area contributed by atoms with Crippen molar-refractivity contribution in [1.82, 2.24) is 0 Å². The second-order valence-corrected chi connectivity index (χ2v) is 18.5. The van der Waals surface area contributed by atoms with E-state index >= 15 is 0 Å². The number of carbonyl (C=O) groups excluding carboxylic acids is 3. The third kappa shape index (κ3) is 53.3. The maximum Gasteiger partial charge on any atom is 0.306 e. The summed E-state index contributed by atoms with van der Waals surface area (Å²) in [5, 5.41) is 0. The molecule has 68 heavy (non-hydrogen) atoms. The van der Waals surface area contributed by atoms with Gasteiger partial charge in [-0.25, -0.2) is 0 Å². The molecule has 0 saturated carbocycles. The molecule has 6 heteroatoms. The lowest BCUT2D eigenvalue weighted by Crippen LogP contribution is -2.30. The van der Waals surface area contributed by atoms with Crippen molar-refractivity contribution in [2.75, 3.05) is 13.2 Å². The maximum atomic E-state index is 12.8. The quantitative estimate of drug-likeness (QED) is 0.0262. The highest BCUT2D eigenvalue weighted by molar-refractivity contribution is 5.71. The molecule has 0 aliphatic heterocycles. The third-order valence-electron chi connectivity index (χ3n) is 11.8. The van der Waals surface area contributed by atoms with E-state index in [0.717, 1.165) is 116 Å². The fraction of sp³-hybridized carbons (Fsp3) is 0.694. The minimum absolute atomic E-state index is 0.0963. The fourth-order valence-electron chi connectivity index (χ4n) is 7.55. The van der Waals surface area contributed by atoms with Crippen LogP contribution < -0.4 is 0 Å². The van der Waals surface area contributed by atoms with Crippen molar-refractivity contribution in [3.63, 3.8) is 0 Å². The molecular formula is C62H104O6. The molecule has 0 amide bonds. The number of hydrogen-bond donors (Lipinski definition) is 0. The fourth-order valence-corrected chi connectivity index (χ4v) is 7.55. The predicted molar refractivity (Wildman–Crippen MR) is 293 cm³/mol. The molecule has 0 bridgehead atoms. The summed E-state index contributed by atoms with van der Waals surface area (Å²) < 4.78 is 16.8. The van der Waals surface area contributed by atoms with Gasteiger partial charge in [0.15, 0.2) is 6.10 Å². The van der Waals surface area contributed by atoms with Gasteiger partial charge in [0.05, 0.1) is 0 Å². The molecule has 0 N–H and O–H groups in total. The summed E-state index contributed by atoms with van der Waals surface area (Å²) in [6.07, 6.45) is 73.9. The summed E-state index contributed by atoms with van der Waals surface area (Å²) >= 11 is 0. The average Bonchev–Trinajstić information content (AvgIpc) is 3.34. The van der Waals surface area contributed by atoms with Crippen molar-refractivity contribution in [3.8, 4) is 0 Å². The van der Waals surface area contributed by atoms with Gasteiger partial charge in [-0.2, -0.15) is 0 Å². The van der Waals surface area contributed by atoms with Gasteiger partial charge in [0.1, 0.15) is 13.2 Å². The Morgan fingerprint density at radius 2 is 0.574 bits per heavy atom. The molecule has 0 aliphatic rings. The maximum absolute atomic E-state index is 12.8. The van der Waals surface area contributed by atoms with Crippen molar-refractivity contribution in [3.05, 3.63) is 97.2 Å². The van der Waals surface area contributed by atoms with Crippen LogP contribution in [0.4, 0.5) is 0 Å². The average molecular weight is 946 g/mol. The van der Waals surface area contributed by atoms with Gasteiger partial charge in [-0.1, -0.05) is 214 Å². The van der Waals surface area contributed by atoms with E-state index in [4.69, 9.17) is 14.2 Å². The number of hydrogen-bond acceptors (Lipinski definition) is 6. The van der Waals surface area contributed by atoms with E-state index in [1.807, 2.05) is 0 Å². The normalized spacial score (nSPS) is 12.8. The van der Waals surface area contributed by atoms with Crippen LogP contribution in [0.1, 0.15) is 258 Å². The van der Waals surface area contributed by atoms with Crippen LogP contribution in [0.2, 0.25) is 0 Å². The largest absolute Gasteiger partial charge is 0.462 e. The molecule has 0 aromatic rings. The summed E-state index contributed by atoms with van der Waals surface area (Å²) in [5.41, 5.74) is 0. The Balaban J connectivity index is 4.48. The van der Waals surface area contributed by atoms with E-state index in [0.29, 0.717) is 19.3 Å². The van der Waals surface area contributed by atoms with Crippen LogP contribution >= 0.6 is 0 Å². The minimum Gasteiger partial charge on any atom is -0.462 e. The SMILES string of the molecule is CC/C=C\C/C=C\C/C=C\C/C=C\C/C=C\CCCCCC(=O)OCC(COC(=O)CCCCCCC/C=C\CCCCCCC)OC(=O)CCCCCCCCC/C=C\C/C=C\CCCCC. The van der Waals surface area contributed by atoms with Gasteiger partial charge < -0.3 is 14.2 Å². The first-order chi connectivity index (χ1) is 33.5. The summed E-state index contributed by atoms with van der Waals surface area (Å²) in [6.45, 7) is 6.45. The first-order valence-corrected chi connectivity index (χ1v) is 28.2. The lowest BCUT2D eigenvalue weighted by molar-refractivity contribution is -0.167. The molecule has 0 heterocycles. The number of ether oxygens (including phenoxy) is 3. The van der Waals surface area contributed by atoms with Crippen LogP contribution in [-0.4, -0.2) is 37.2 Å². The molecule has 388 valence electrons. The number of unbranched alkanes of at least 4 members (excludes halogenated alkanes) is 23. The Hall–Kier alpha value is -3.67. The van der Waals surface area contributed by atoms with Crippen LogP contribution in [0.5, 0.6) is 0 Å². The van der Waals surface area contributed by atoms with E-state index in [-0.39, 0.29) is 31.1 Å². The lowest BCUT2D eigenvalue weighted by Gasteiger charge is -2.18. The van der Waals surface area contributed by atoms with Crippen molar-refractivity contribution >= 4 is 17.9 Å². The van der Waals surface area contributed by atoms with E-state index in [1.165, 1.54) is 103 Å². The van der Waals surface area contributed by atoms with E-state index in [1.54, 1.807) is 0 Å². The minimum atomic E-state index is -0.800. The van der Waals surface area contributed by atoms with Crippen LogP contribution in [0.15, 0.2) is 97.2 Å². The van der Waals surface area contributed by atoms with Gasteiger partial charge in [-0.3, -0.25) is 14.4 Å². The van der Waals surface area contributed by atoms with Gasteiger partial charge in [-0.05, 0) is 122 Å². The molecule has 1 atom stereocenters. The summed E-state index contributed by atoms with van der Waals surface area (Å²) in [6, 6.07) is 0. The number of carbonyl (C=O) groups is 3. The Morgan fingerprint density at radius 1 is 0.309 bits per heavy atom. The zero-order valence-corrected chi connectivity index (χ0v) is 44.3. The van der Waals surface area contributed by atoms with Crippen LogP contribution in [-0.2, 0) is 28.6 Å². The van der Waals surface area contributed by atoms with Crippen LogP contribution in [0.3, 0.4) is 0 Å². The second-order valence-electron chi connectivity index (χ2n) is 18.5. The number of esters is 3. The molecule has 0 fully saturated rings. The Kier molecular flexibility index (Phi) is 52.9. The van der Waals surface area contributed by atoms with E-state index < -0.39 is 6.10 Å². The molecule has 0 aromatic carbocycles. The highest BCUT2D eigenvalue weighted by Gasteiger charge is 2.19. The Labute approximate surface area is 419 Å². The molecule has 0 spiro atoms. The number of allylic oxidation sites excluding steroid dienone is 16. The number of rotatable bonds is 50. The lowest BCUT2D eigenvalue weighted by atomic mass is 10.1. The highest BCUT2D eigenvalue weighted by atomic mass is 16.6. The highest BCUT2D eigenvalue weighted by Crippen LogP contribution is 2.14. The molecule has 6 nitrogen and oxygen atoms in total. The second kappa shape index (κ2) is 55.9. The predicted octanol–water partition coefficient (Wildman–Crippen LogP) is 18.9. The summed E-state index contributed by atoms with van der Waals surface area (Å²) in [7, 11) is 0. The monoisotopic (exact) mass is 945 g/mol. The van der Waals surface area contributed by atoms with Gasteiger partial charge in [0, 0.05) is 19.3 Å². The molecule has 1 unspecified atom stereocenters. The van der Waals surface area contributed by atoms with Gasteiger partial charge in [0.25, 0.3) is 0 Å². The molecular weight excluding hydrogens is 841 g/mol. The molecule has 0 radical (unpaired) electrons. The standard InChI is InChI=1S/C62H104O6/c1-4-7-10-13-16-19-22-25-28-30-31-33-34-37-40-43-46-49-52-55-61(64)67-58-59(57-66-60(63)54-51-48-45-42-39-36-27-24-21-18-15-12-9-6-3)68-62(65)56-53-50-47-44-41-38-35-32-29-26-23-20-17-14-11-8-5-2/h7,10,16-17,19-20,24-29,31,33,37,40,59H,4-6,8-9,11-15,18,21-23,30,32,34-36,38-39,41-58H2,1-3H3/b10-7-,19-16-,20-17-,27-24-,28-25-,29-26-,33-31-,40-37-. The molecule has 0 saturated heterocycles. The van der Waals surface area contributed by atoms with Gasteiger partial charge >= 0.3 is 17.9 Å². The van der Waals surface area contributed by atoms with E-state index in [9.17, 15) is 14.4 Å². The van der Waals surface area contributed by atoms with E-state index in [2.05, 4.69) is 118 Å². The first kappa shape index (κ1) is 64.3. The topological polar surface area (TPSA) is 78.9 Å². The molecule has 0 rings (SSSR count). The van der Waals surface area contributed by atoms with Crippen molar-refractivity contribution in [2.45, 2.75) is 264 Å². The first-order valence-electron chi connectivity index (χ1n) is 28.2. The van der Waals surface area contributed by atoms with Crippen LogP contribution in [0, 0.1) is 0 Å². The third-order valence-corrected chi connectivity index (χ3v) is 11.8. The molecule has 0 aliphatic carbocycles. The summed E-state index contributed by atoms with van der Waals surface area (Å²) in [4.78, 5) is 38.1. The zero-order valence-electron chi connectivity index (χ0n) is 44.3. The summed E-state index contributed by atoms with van der Waals surface area (Å²) in [5.74, 6) is -0.943. The van der Waals surface area contributed by atoms with Crippen LogP contribution in [0.25, 0.3) is 0 Å². The van der Waals surface area contributed by atoms with Gasteiger partial charge in [0.2, 0.25) is 0 Å². The smallest absolute Gasteiger partial charge is 0.306 e. The molecule has 0 aromatic heterocycles. The van der Waals surface area contributed by atoms with Crippen molar-refractivity contribution in [2.24, 2.45) is 0 Å². The Bertz CT molecular complexity index is 1360. The van der Waals surface area contributed by atoms with Crippen molar-refractivity contribution in [1.29, 1.82) is 0 Å². The zero-order chi connectivity index (χ0) is 49.3. The van der Waals surface area contributed by atoms with Crippen molar-refractivity contribution < 1.29 is 28.6 Å².